The Morgan fingerprint density at radius 1 is 0.667 bits per heavy atom. The fraction of sp³-hybridized carbons (Fsp3) is 0.357. The van der Waals surface area contributed by atoms with E-state index >= 15 is 0 Å². The molecule has 0 bridgehead atoms. The fourth-order valence-corrected chi connectivity index (χ4v) is 5.37. The summed E-state index contributed by atoms with van der Waals surface area (Å²) >= 11 is 0. The smallest absolute Gasteiger partial charge is 0.149 e. The van der Waals surface area contributed by atoms with Gasteiger partial charge in [0.25, 0.3) is 0 Å². The van der Waals surface area contributed by atoms with E-state index in [0.717, 1.165) is 18.0 Å². The lowest BCUT2D eigenvalue weighted by Gasteiger charge is -2.24. The monoisotopic (exact) mass is 437 g/mol. The van der Waals surface area contributed by atoms with E-state index < -0.39 is 0 Å². The van der Waals surface area contributed by atoms with Gasteiger partial charge in [-0.2, -0.15) is 5.10 Å². The molecule has 5 heteroatoms. The summed E-state index contributed by atoms with van der Waals surface area (Å²) in [6.45, 7) is 4.68. The van der Waals surface area contributed by atoms with Crippen molar-refractivity contribution < 1.29 is 0 Å². The molecule has 0 spiro atoms. The van der Waals surface area contributed by atoms with Gasteiger partial charge in [0.15, 0.2) is 0 Å². The van der Waals surface area contributed by atoms with Gasteiger partial charge >= 0.3 is 0 Å². The van der Waals surface area contributed by atoms with Crippen LogP contribution in [0.25, 0.3) is 0 Å². The van der Waals surface area contributed by atoms with Gasteiger partial charge in [0.2, 0.25) is 0 Å². The Balaban J connectivity index is 1.28. The van der Waals surface area contributed by atoms with Crippen molar-refractivity contribution >= 4 is 22.9 Å². The van der Waals surface area contributed by atoms with Crippen molar-refractivity contribution in [2.45, 2.75) is 38.1 Å². The first-order chi connectivity index (χ1) is 16.3. The van der Waals surface area contributed by atoms with Gasteiger partial charge in [-0.15, -0.1) is 0 Å². The predicted molar refractivity (Wildman–Crippen MR) is 136 cm³/mol. The number of anilines is 3. The summed E-state index contributed by atoms with van der Waals surface area (Å²) in [7, 11) is 0. The van der Waals surface area contributed by atoms with E-state index in [4.69, 9.17) is 5.10 Å². The standard InChI is InChI=1S/C28H31N5/c1-2-16-29-28(7-1)33-27(23-10-14-25(15-11-23)32-19-5-6-20-32)21-26(30-33)22-8-12-24(13-9-22)31-17-3-4-18-31/h1-2,7-16,27H,3-6,17-21H2. The van der Waals surface area contributed by atoms with Gasteiger partial charge in [0.05, 0.1) is 11.8 Å². The van der Waals surface area contributed by atoms with Crippen LogP contribution in [0.15, 0.2) is 78.0 Å². The third-order valence-corrected chi connectivity index (χ3v) is 7.22. The molecule has 0 radical (unpaired) electrons. The number of hydrogen-bond acceptors (Lipinski definition) is 5. The highest BCUT2D eigenvalue weighted by molar-refractivity contribution is 6.03. The van der Waals surface area contributed by atoms with Crippen molar-refractivity contribution in [1.29, 1.82) is 0 Å². The summed E-state index contributed by atoms with van der Waals surface area (Å²) in [4.78, 5) is 9.58. The zero-order chi connectivity index (χ0) is 22.0. The minimum absolute atomic E-state index is 0.154. The average molecular weight is 438 g/mol. The van der Waals surface area contributed by atoms with Crippen LogP contribution >= 0.6 is 0 Å². The Morgan fingerprint density at radius 3 is 1.85 bits per heavy atom. The maximum Gasteiger partial charge on any atom is 0.149 e. The largest absolute Gasteiger partial charge is 0.372 e. The van der Waals surface area contributed by atoms with Crippen LogP contribution in [0, 0.1) is 0 Å². The molecule has 0 N–H and O–H groups in total. The van der Waals surface area contributed by atoms with Gasteiger partial charge in [-0.3, -0.25) is 0 Å². The molecule has 2 saturated heterocycles. The molecule has 168 valence electrons. The van der Waals surface area contributed by atoms with Gasteiger partial charge in [0.1, 0.15) is 5.82 Å². The van der Waals surface area contributed by atoms with Crippen LogP contribution in [0.5, 0.6) is 0 Å². The van der Waals surface area contributed by atoms with Crippen LogP contribution in [0.2, 0.25) is 0 Å². The van der Waals surface area contributed by atoms with Crippen LogP contribution in [0.4, 0.5) is 17.2 Å². The Hall–Kier alpha value is -3.34. The van der Waals surface area contributed by atoms with Crippen LogP contribution in [-0.4, -0.2) is 36.9 Å². The highest BCUT2D eigenvalue weighted by atomic mass is 15.5. The molecule has 3 aromatic rings. The number of nitrogens with zero attached hydrogens (tertiary/aromatic N) is 5. The topological polar surface area (TPSA) is 35.0 Å². The highest BCUT2D eigenvalue weighted by Gasteiger charge is 2.31. The summed E-state index contributed by atoms with van der Waals surface area (Å²) in [6.07, 6.45) is 7.92. The predicted octanol–water partition coefficient (Wildman–Crippen LogP) is 5.64. The van der Waals surface area contributed by atoms with E-state index in [1.807, 2.05) is 18.3 Å². The SMILES string of the molecule is c1ccc(N2N=C(c3ccc(N4CCCC4)cc3)CC2c2ccc(N3CCCC3)cc2)nc1. The molecule has 5 nitrogen and oxygen atoms in total. The molecule has 3 aliphatic heterocycles. The molecule has 0 aliphatic carbocycles. The van der Waals surface area contributed by atoms with Crippen molar-refractivity contribution in [2.24, 2.45) is 5.10 Å². The summed E-state index contributed by atoms with van der Waals surface area (Å²) in [5.41, 5.74) is 6.27. The molecule has 0 amide bonds. The zero-order valence-electron chi connectivity index (χ0n) is 19.1. The normalized spacial score (nSPS) is 20.5. The van der Waals surface area contributed by atoms with Crippen LogP contribution in [0.1, 0.15) is 49.3 Å². The highest BCUT2D eigenvalue weighted by Crippen LogP contribution is 2.37. The quantitative estimate of drug-likeness (QED) is 0.518. The Kier molecular flexibility index (Phi) is 5.46. The molecule has 1 unspecified atom stereocenters. The van der Waals surface area contributed by atoms with Crippen molar-refractivity contribution in [3.8, 4) is 0 Å². The molecular weight excluding hydrogens is 406 g/mol. The summed E-state index contributed by atoms with van der Waals surface area (Å²) in [5.74, 6) is 0.898. The van der Waals surface area contributed by atoms with Crippen LogP contribution in [-0.2, 0) is 0 Å². The lowest BCUT2D eigenvalue weighted by atomic mass is 9.98. The minimum atomic E-state index is 0.154. The molecule has 1 atom stereocenters. The number of pyridine rings is 1. The van der Waals surface area contributed by atoms with Gasteiger partial charge in [0, 0.05) is 50.2 Å². The Morgan fingerprint density at radius 2 is 1.27 bits per heavy atom. The molecule has 1 aromatic heterocycles. The Bertz CT molecular complexity index is 1100. The van der Waals surface area contributed by atoms with Crippen molar-refractivity contribution in [3.63, 3.8) is 0 Å². The molecule has 2 fully saturated rings. The first-order valence-corrected chi connectivity index (χ1v) is 12.3. The molecular formula is C28H31N5. The van der Waals surface area contributed by atoms with E-state index in [9.17, 15) is 0 Å². The van der Waals surface area contributed by atoms with Gasteiger partial charge in [-0.05, 0) is 73.2 Å². The van der Waals surface area contributed by atoms with Gasteiger partial charge < -0.3 is 9.80 Å². The number of aromatic nitrogens is 1. The van der Waals surface area contributed by atoms with Crippen LogP contribution < -0.4 is 14.8 Å². The Labute approximate surface area is 196 Å². The van der Waals surface area contributed by atoms with Crippen molar-refractivity contribution in [1.82, 2.24) is 4.98 Å². The van der Waals surface area contributed by atoms with Gasteiger partial charge in [-0.25, -0.2) is 9.99 Å². The zero-order valence-corrected chi connectivity index (χ0v) is 19.1. The second-order valence-corrected chi connectivity index (χ2v) is 9.33. The number of hydrazone groups is 1. The van der Waals surface area contributed by atoms with Crippen molar-refractivity contribution in [3.05, 3.63) is 84.1 Å². The van der Waals surface area contributed by atoms with Gasteiger partial charge in [-0.1, -0.05) is 30.3 Å². The molecule has 4 heterocycles. The summed E-state index contributed by atoms with van der Waals surface area (Å²) in [5, 5.41) is 7.18. The second-order valence-electron chi connectivity index (χ2n) is 9.33. The number of rotatable bonds is 5. The van der Waals surface area contributed by atoms with E-state index in [2.05, 4.69) is 74.4 Å². The number of hydrogen-bond donors (Lipinski definition) is 0. The maximum atomic E-state index is 5.08. The molecule has 3 aliphatic rings. The van der Waals surface area contributed by atoms with E-state index in [1.165, 1.54) is 74.4 Å². The molecule has 0 saturated carbocycles. The lowest BCUT2D eigenvalue weighted by molar-refractivity contribution is 0.698. The second kappa shape index (κ2) is 8.89. The maximum absolute atomic E-state index is 5.08. The number of benzene rings is 2. The fourth-order valence-electron chi connectivity index (χ4n) is 5.37. The summed E-state index contributed by atoms with van der Waals surface area (Å²) < 4.78 is 0. The third-order valence-electron chi connectivity index (χ3n) is 7.22. The molecule has 2 aromatic carbocycles. The van der Waals surface area contributed by atoms with E-state index in [0.29, 0.717) is 0 Å². The molecule has 6 rings (SSSR count). The molecule has 33 heavy (non-hydrogen) atoms. The van der Waals surface area contributed by atoms with E-state index in [1.54, 1.807) is 0 Å². The summed E-state index contributed by atoms with van der Waals surface area (Å²) in [6, 6.07) is 24.3. The minimum Gasteiger partial charge on any atom is -0.372 e. The first-order valence-electron chi connectivity index (χ1n) is 12.3. The lowest BCUT2D eigenvalue weighted by Crippen LogP contribution is -2.20. The third kappa shape index (κ3) is 4.08. The van der Waals surface area contributed by atoms with Crippen molar-refractivity contribution in [2.75, 3.05) is 41.0 Å². The van der Waals surface area contributed by atoms with Crippen LogP contribution in [0.3, 0.4) is 0 Å². The van der Waals surface area contributed by atoms with E-state index in [-0.39, 0.29) is 6.04 Å². The average Bonchev–Trinajstić information content (AvgIpc) is 3.67. The first kappa shape index (κ1) is 20.3.